The van der Waals surface area contributed by atoms with Crippen LogP contribution in [0.1, 0.15) is 5.82 Å². The van der Waals surface area contributed by atoms with Crippen LogP contribution in [0.3, 0.4) is 0 Å². The minimum atomic E-state index is -4.75. The fourth-order valence-electron chi connectivity index (χ4n) is 3.74. The Bertz CT molecular complexity index is 1580. The Labute approximate surface area is 202 Å². The van der Waals surface area contributed by atoms with Gasteiger partial charge >= 0.3 is 6.36 Å². The average molecular weight is 492 g/mol. The van der Waals surface area contributed by atoms with E-state index in [1.807, 2.05) is 13.1 Å². The van der Waals surface area contributed by atoms with Crippen LogP contribution in [-0.2, 0) is 13.1 Å². The number of fused-ring (bicyclic) bond motifs is 1. The van der Waals surface area contributed by atoms with E-state index in [1.165, 1.54) is 28.9 Å². The second-order valence-electron chi connectivity index (χ2n) is 8.06. The summed E-state index contributed by atoms with van der Waals surface area (Å²) in [6.45, 7) is 2.53. The fraction of sp³-hybridized carbons (Fsp3) is 0.160. The van der Waals surface area contributed by atoms with Crippen molar-refractivity contribution in [3.05, 3.63) is 89.6 Å². The van der Waals surface area contributed by atoms with Crippen molar-refractivity contribution in [2.75, 3.05) is 0 Å². The van der Waals surface area contributed by atoms with Gasteiger partial charge in [0.05, 0.1) is 30.9 Å². The van der Waals surface area contributed by atoms with Crippen molar-refractivity contribution in [2.24, 2.45) is 0 Å². The van der Waals surface area contributed by atoms with Crippen LogP contribution >= 0.6 is 0 Å². The molecule has 0 amide bonds. The maximum absolute atomic E-state index is 13.1. The van der Waals surface area contributed by atoms with Crippen LogP contribution < -0.4 is 10.3 Å². The van der Waals surface area contributed by atoms with E-state index < -0.39 is 6.36 Å². The van der Waals surface area contributed by atoms with E-state index in [4.69, 9.17) is 0 Å². The van der Waals surface area contributed by atoms with Gasteiger partial charge in [-0.15, -0.1) is 13.2 Å². The van der Waals surface area contributed by atoms with Gasteiger partial charge < -0.3 is 4.74 Å². The summed E-state index contributed by atoms with van der Waals surface area (Å²) in [6.07, 6.45) is 3.88. The summed E-state index contributed by atoms with van der Waals surface area (Å²) in [7, 11) is 0. The monoisotopic (exact) mass is 492 g/mol. The lowest BCUT2D eigenvalue weighted by Crippen LogP contribution is -2.25. The second kappa shape index (κ2) is 9.25. The number of hydrogen-bond acceptors (Lipinski definition) is 6. The molecule has 0 fully saturated rings. The molecule has 0 saturated carbocycles. The number of benzene rings is 2. The molecule has 0 aliphatic rings. The Hall–Kier alpha value is -4.54. The first-order valence-electron chi connectivity index (χ1n) is 10.9. The van der Waals surface area contributed by atoms with E-state index in [0.29, 0.717) is 40.8 Å². The average Bonchev–Trinajstić information content (AvgIpc) is 3.32. The lowest BCUT2D eigenvalue weighted by molar-refractivity contribution is -0.274. The molecule has 8 nitrogen and oxygen atoms in total. The number of ether oxygens (including phenoxy) is 1. The van der Waals surface area contributed by atoms with Gasteiger partial charge in [0.15, 0.2) is 0 Å². The minimum Gasteiger partial charge on any atom is -0.406 e. The van der Waals surface area contributed by atoms with Crippen LogP contribution in [0, 0.1) is 6.92 Å². The Kier molecular flexibility index (Phi) is 5.96. The molecule has 0 radical (unpaired) electrons. The van der Waals surface area contributed by atoms with Crippen molar-refractivity contribution in [3.63, 3.8) is 0 Å². The molecule has 0 atom stereocenters. The molecular formula is C25H19F3N6O2. The minimum absolute atomic E-state index is 0.273. The SMILES string of the molecule is Cc1ncc(-c2cnn(CCn3ncc4ccc(-c5ccc(OC(F)(F)F)cc5)cc4c3=O)c2)cn1. The van der Waals surface area contributed by atoms with Crippen LogP contribution in [0.5, 0.6) is 5.75 Å². The molecule has 0 bridgehead atoms. The zero-order valence-corrected chi connectivity index (χ0v) is 19.0. The third-order valence-electron chi connectivity index (χ3n) is 5.56. The maximum atomic E-state index is 13.1. The first-order valence-corrected chi connectivity index (χ1v) is 10.9. The van der Waals surface area contributed by atoms with E-state index in [9.17, 15) is 18.0 Å². The summed E-state index contributed by atoms with van der Waals surface area (Å²) < 4.78 is 44.2. The summed E-state index contributed by atoms with van der Waals surface area (Å²) in [5.74, 6) is 0.374. The van der Waals surface area contributed by atoms with Gasteiger partial charge in [-0.05, 0) is 36.2 Å². The Morgan fingerprint density at radius 2 is 1.56 bits per heavy atom. The highest BCUT2D eigenvalue weighted by atomic mass is 19.4. The van der Waals surface area contributed by atoms with E-state index in [1.54, 1.807) is 47.7 Å². The van der Waals surface area contributed by atoms with E-state index in [-0.39, 0.29) is 11.3 Å². The van der Waals surface area contributed by atoms with Gasteiger partial charge in [-0.2, -0.15) is 10.2 Å². The van der Waals surface area contributed by atoms with Crippen molar-refractivity contribution in [3.8, 4) is 28.0 Å². The molecule has 36 heavy (non-hydrogen) atoms. The normalized spacial score (nSPS) is 11.7. The Morgan fingerprint density at radius 3 is 2.28 bits per heavy atom. The summed E-state index contributed by atoms with van der Waals surface area (Å²) >= 11 is 0. The highest BCUT2D eigenvalue weighted by Gasteiger charge is 2.30. The van der Waals surface area contributed by atoms with Gasteiger partial charge in [-0.3, -0.25) is 9.48 Å². The summed E-state index contributed by atoms with van der Waals surface area (Å²) in [4.78, 5) is 21.5. The highest BCUT2D eigenvalue weighted by Crippen LogP contribution is 2.27. The summed E-state index contributed by atoms with van der Waals surface area (Å²) in [5.41, 5.74) is 2.78. The smallest absolute Gasteiger partial charge is 0.406 e. The van der Waals surface area contributed by atoms with Gasteiger partial charge in [0.1, 0.15) is 11.6 Å². The summed E-state index contributed by atoms with van der Waals surface area (Å²) in [5, 5.41) is 9.73. The van der Waals surface area contributed by atoms with Gasteiger partial charge in [0.2, 0.25) is 0 Å². The van der Waals surface area contributed by atoms with Crippen LogP contribution in [0.25, 0.3) is 33.0 Å². The number of hydrogen-bond donors (Lipinski definition) is 0. The molecule has 0 unspecified atom stereocenters. The van der Waals surface area contributed by atoms with Gasteiger partial charge in [-0.25, -0.2) is 14.6 Å². The second-order valence-corrected chi connectivity index (χ2v) is 8.06. The number of nitrogens with zero attached hydrogens (tertiary/aromatic N) is 6. The fourth-order valence-corrected chi connectivity index (χ4v) is 3.74. The predicted molar refractivity (Wildman–Crippen MR) is 126 cm³/mol. The van der Waals surface area contributed by atoms with E-state index in [0.717, 1.165) is 11.1 Å². The molecule has 3 heterocycles. The van der Waals surface area contributed by atoms with E-state index in [2.05, 4.69) is 24.9 Å². The van der Waals surface area contributed by atoms with Crippen molar-refractivity contribution >= 4 is 10.8 Å². The van der Waals surface area contributed by atoms with Crippen LogP contribution in [0.15, 0.2) is 78.2 Å². The van der Waals surface area contributed by atoms with Crippen molar-refractivity contribution < 1.29 is 17.9 Å². The zero-order chi connectivity index (χ0) is 25.3. The third kappa shape index (κ3) is 5.09. The third-order valence-corrected chi connectivity index (χ3v) is 5.56. The van der Waals surface area contributed by atoms with Crippen molar-refractivity contribution in [2.45, 2.75) is 26.4 Å². The van der Waals surface area contributed by atoms with E-state index >= 15 is 0 Å². The lowest BCUT2D eigenvalue weighted by atomic mass is 10.0. The van der Waals surface area contributed by atoms with Gasteiger partial charge in [0, 0.05) is 35.1 Å². The molecular weight excluding hydrogens is 473 g/mol. The zero-order valence-electron chi connectivity index (χ0n) is 19.0. The van der Waals surface area contributed by atoms with Crippen molar-refractivity contribution in [1.82, 2.24) is 29.5 Å². The Balaban J connectivity index is 1.35. The number of aromatic nitrogens is 6. The maximum Gasteiger partial charge on any atom is 0.573 e. The molecule has 0 spiro atoms. The standard InChI is InChI=1S/C25H19F3N6O2/c1-16-29-11-20(12-30-16)21-14-31-33(15-21)8-9-34-24(35)23-10-18(2-3-19(23)13-32-34)17-4-6-22(7-5-17)36-25(26,27)28/h2-7,10-15H,8-9H2,1H3. The van der Waals surface area contributed by atoms with Crippen LogP contribution in [-0.4, -0.2) is 35.9 Å². The molecule has 0 N–H and O–H groups in total. The van der Waals surface area contributed by atoms with Crippen LogP contribution in [0.4, 0.5) is 13.2 Å². The molecule has 5 aromatic rings. The van der Waals surface area contributed by atoms with Gasteiger partial charge in [-0.1, -0.05) is 24.3 Å². The topological polar surface area (TPSA) is 87.7 Å². The first kappa shape index (κ1) is 23.2. The van der Waals surface area contributed by atoms with Crippen LogP contribution in [0.2, 0.25) is 0 Å². The molecule has 5 rings (SSSR count). The largest absolute Gasteiger partial charge is 0.573 e. The van der Waals surface area contributed by atoms with Gasteiger partial charge in [0.25, 0.3) is 5.56 Å². The van der Waals surface area contributed by atoms with Crippen molar-refractivity contribution in [1.29, 1.82) is 0 Å². The molecule has 2 aromatic carbocycles. The summed E-state index contributed by atoms with van der Waals surface area (Å²) in [6, 6.07) is 10.7. The number of alkyl halides is 3. The molecule has 0 aliphatic carbocycles. The Morgan fingerprint density at radius 1 is 0.833 bits per heavy atom. The quantitative estimate of drug-likeness (QED) is 0.344. The number of aryl methyl sites for hydroxylation is 3. The molecule has 0 aliphatic heterocycles. The lowest BCUT2D eigenvalue weighted by Gasteiger charge is -2.10. The predicted octanol–water partition coefficient (Wildman–Crippen LogP) is 4.62. The number of halogens is 3. The molecule has 3 aromatic heterocycles. The first-order chi connectivity index (χ1) is 17.2. The molecule has 0 saturated heterocycles. The molecule has 182 valence electrons. The highest BCUT2D eigenvalue weighted by molar-refractivity contribution is 5.86. The molecule has 11 heteroatoms. The number of rotatable bonds is 6.